The van der Waals surface area contributed by atoms with Crippen molar-refractivity contribution in [3.8, 4) is 11.5 Å². The Morgan fingerprint density at radius 1 is 1.13 bits per heavy atom. The van der Waals surface area contributed by atoms with Crippen molar-refractivity contribution in [2.24, 2.45) is 11.5 Å². The van der Waals surface area contributed by atoms with Crippen molar-refractivity contribution < 1.29 is 28.9 Å². The van der Waals surface area contributed by atoms with Crippen LogP contribution in [0.3, 0.4) is 0 Å². The van der Waals surface area contributed by atoms with Crippen LogP contribution < -0.4 is 31.6 Å². The largest absolute Gasteiger partial charge is 0.493 e. The van der Waals surface area contributed by atoms with Gasteiger partial charge in [-0.1, -0.05) is 6.42 Å². The Kier molecular flexibility index (Phi) is 10.7. The van der Waals surface area contributed by atoms with Crippen LogP contribution in [0.25, 0.3) is 10.9 Å². The van der Waals surface area contributed by atoms with Gasteiger partial charge in [0.05, 0.1) is 19.7 Å². The number of benzene rings is 1. The van der Waals surface area contributed by atoms with Crippen molar-refractivity contribution in [2.45, 2.75) is 44.2 Å². The van der Waals surface area contributed by atoms with Crippen LogP contribution in [0.4, 0.5) is 11.8 Å². The molecule has 0 aliphatic carbocycles. The molecule has 2 aromatic rings. The molecule has 1 amide bonds. The molecule has 2 fully saturated rings. The summed E-state index contributed by atoms with van der Waals surface area (Å²) in [5.74, 6) is 1.27. The van der Waals surface area contributed by atoms with E-state index in [0.29, 0.717) is 79.9 Å². The zero-order chi connectivity index (χ0) is 27.7. The molecule has 1 unspecified atom stereocenters. The lowest BCUT2D eigenvalue weighted by atomic mass is 10.1. The number of aromatic nitrogens is 2. The molecule has 4 rings (SSSR count). The molecule has 2 aliphatic heterocycles. The van der Waals surface area contributed by atoms with Gasteiger partial charge in [0.1, 0.15) is 18.0 Å². The minimum absolute atomic E-state index is 0.0907. The third kappa shape index (κ3) is 7.33. The minimum Gasteiger partial charge on any atom is -0.493 e. The van der Waals surface area contributed by atoms with E-state index in [2.05, 4.69) is 9.97 Å². The molecule has 0 saturated carbocycles. The number of piperazine rings is 1. The molecule has 0 radical (unpaired) electrons. The Morgan fingerprint density at radius 3 is 2.39 bits per heavy atom. The second kappa shape index (κ2) is 13.9. The third-order valence-corrected chi connectivity index (χ3v) is 6.58. The highest BCUT2D eigenvalue weighted by Gasteiger charge is 2.31. The van der Waals surface area contributed by atoms with Crippen LogP contribution in [0.1, 0.15) is 32.1 Å². The van der Waals surface area contributed by atoms with E-state index in [1.807, 2.05) is 9.80 Å². The van der Waals surface area contributed by atoms with Crippen molar-refractivity contribution in [1.82, 2.24) is 14.9 Å². The van der Waals surface area contributed by atoms with Gasteiger partial charge in [0.25, 0.3) is 5.91 Å². The Hall–Kier alpha value is -3.42. The number of amides is 1. The predicted octanol–water partition coefficient (Wildman–Crippen LogP) is 0.584. The van der Waals surface area contributed by atoms with Crippen molar-refractivity contribution in [3.05, 3.63) is 12.1 Å². The van der Waals surface area contributed by atoms with E-state index in [-0.39, 0.29) is 12.0 Å². The lowest BCUT2D eigenvalue weighted by Crippen LogP contribution is -2.51. The lowest BCUT2D eigenvalue weighted by molar-refractivity contribution is -0.141. The van der Waals surface area contributed by atoms with Crippen molar-refractivity contribution >= 4 is 34.5 Å². The molecule has 1 aromatic carbocycles. The summed E-state index contributed by atoms with van der Waals surface area (Å²) in [7, 11) is 3.16. The molecule has 2 atom stereocenters. The first kappa shape index (κ1) is 29.1. The van der Waals surface area contributed by atoms with Crippen LogP contribution in [-0.2, 0) is 14.3 Å². The molecule has 0 bridgehead atoms. The van der Waals surface area contributed by atoms with Crippen LogP contribution in [0, 0.1) is 0 Å². The number of carboxylic acid groups (broad SMARTS) is 1. The van der Waals surface area contributed by atoms with Crippen LogP contribution in [0.5, 0.6) is 11.5 Å². The summed E-state index contributed by atoms with van der Waals surface area (Å²) in [6, 6.07) is 2.87. The molecule has 3 heterocycles. The SMILES string of the molecule is COc1cc2nc(N3CCN(C(=O)C4CCCO4)CC3)nc(N)c2cc1OC.NCCCC[C@H](N)C(=O)O. The number of rotatable bonds is 9. The normalized spacial score (nSPS) is 18.1. The van der Waals surface area contributed by atoms with Gasteiger partial charge >= 0.3 is 5.97 Å². The molecule has 38 heavy (non-hydrogen) atoms. The molecule has 13 heteroatoms. The molecule has 2 aliphatic rings. The van der Waals surface area contributed by atoms with Crippen molar-refractivity contribution in [2.75, 3.05) is 64.2 Å². The maximum absolute atomic E-state index is 12.5. The predicted molar refractivity (Wildman–Crippen MR) is 143 cm³/mol. The number of unbranched alkanes of at least 4 members (excludes halogenated alkanes) is 1. The minimum atomic E-state index is -0.933. The fourth-order valence-corrected chi connectivity index (χ4v) is 4.34. The van der Waals surface area contributed by atoms with Crippen molar-refractivity contribution in [1.29, 1.82) is 0 Å². The third-order valence-electron chi connectivity index (χ3n) is 6.58. The number of hydrogen-bond acceptors (Lipinski definition) is 11. The first-order valence-electron chi connectivity index (χ1n) is 12.8. The number of nitrogens with two attached hydrogens (primary N) is 3. The quantitative estimate of drug-likeness (QED) is 0.328. The first-order chi connectivity index (χ1) is 18.3. The number of nitrogens with zero attached hydrogens (tertiary/aromatic N) is 4. The van der Waals surface area contributed by atoms with Gasteiger partial charge in [-0.05, 0) is 38.3 Å². The fraction of sp³-hybridized carbons (Fsp3) is 0.600. The van der Waals surface area contributed by atoms with Crippen molar-refractivity contribution in [3.63, 3.8) is 0 Å². The van der Waals surface area contributed by atoms with E-state index >= 15 is 0 Å². The molecule has 13 nitrogen and oxygen atoms in total. The number of anilines is 2. The summed E-state index contributed by atoms with van der Waals surface area (Å²) in [6.45, 7) is 3.81. The van der Waals surface area contributed by atoms with Crippen LogP contribution in [-0.4, -0.2) is 97.5 Å². The maximum Gasteiger partial charge on any atom is 0.320 e. The first-order valence-corrected chi connectivity index (χ1v) is 12.8. The number of hydrogen-bond donors (Lipinski definition) is 4. The summed E-state index contributed by atoms with van der Waals surface area (Å²) in [6.07, 6.45) is 3.66. The summed E-state index contributed by atoms with van der Waals surface area (Å²) in [4.78, 5) is 35.7. The zero-order valence-corrected chi connectivity index (χ0v) is 22.1. The fourth-order valence-electron chi connectivity index (χ4n) is 4.34. The number of fused-ring (bicyclic) bond motifs is 1. The highest BCUT2D eigenvalue weighted by molar-refractivity contribution is 5.91. The van der Waals surface area contributed by atoms with Gasteiger partial charge in [-0.15, -0.1) is 0 Å². The van der Waals surface area contributed by atoms with Crippen LogP contribution in [0.15, 0.2) is 12.1 Å². The van der Waals surface area contributed by atoms with E-state index in [1.54, 1.807) is 26.4 Å². The Bertz CT molecular complexity index is 1090. The summed E-state index contributed by atoms with van der Waals surface area (Å²) in [5, 5.41) is 9.04. The van der Waals surface area contributed by atoms with Gasteiger partial charge in [0.2, 0.25) is 5.95 Å². The molecular weight excluding hydrogens is 494 g/mol. The second-order valence-electron chi connectivity index (χ2n) is 9.18. The number of nitrogen functional groups attached to an aromatic ring is 1. The lowest BCUT2D eigenvalue weighted by Gasteiger charge is -2.35. The Labute approximate surface area is 222 Å². The summed E-state index contributed by atoms with van der Waals surface area (Å²) >= 11 is 0. The second-order valence-corrected chi connectivity index (χ2v) is 9.18. The van der Waals surface area contributed by atoms with Gasteiger partial charge in [0, 0.05) is 44.2 Å². The average Bonchev–Trinajstić information content (AvgIpc) is 3.47. The topological polar surface area (TPSA) is 192 Å². The summed E-state index contributed by atoms with van der Waals surface area (Å²) in [5.41, 5.74) is 17.3. The number of ether oxygens (including phenoxy) is 3. The molecule has 7 N–H and O–H groups in total. The van der Waals surface area contributed by atoms with E-state index < -0.39 is 12.0 Å². The molecule has 210 valence electrons. The Morgan fingerprint density at radius 2 is 1.82 bits per heavy atom. The summed E-state index contributed by atoms with van der Waals surface area (Å²) < 4.78 is 16.2. The zero-order valence-electron chi connectivity index (χ0n) is 22.1. The Balaban J connectivity index is 0.000000342. The van der Waals surface area contributed by atoms with Crippen LogP contribution in [0.2, 0.25) is 0 Å². The van der Waals surface area contributed by atoms with Gasteiger partial charge in [-0.2, -0.15) is 4.98 Å². The molecule has 1 aromatic heterocycles. The smallest absolute Gasteiger partial charge is 0.320 e. The van der Waals surface area contributed by atoms with Gasteiger partial charge in [0.15, 0.2) is 11.5 Å². The number of carbonyl (C=O) groups excluding carboxylic acids is 1. The standard InChI is InChI=1S/C19H25N5O4.C6H14N2O2/c1-26-15-10-12-13(11-16(15)27-2)21-19(22-17(12)20)24-7-5-23(6-8-24)18(25)14-4-3-9-28-14;7-4-2-1-3-5(8)6(9)10/h10-11,14H,3-9H2,1-2H3,(H2,20,21,22);5H,1-4,7-8H2,(H,9,10)/t;5-/m.0/s1. The van der Waals surface area contributed by atoms with Crippen LogP contribution >= 0.6 is 0 Å². The number of carboxylic acids is 1. The molecule has 0 spiro atoms. The van der Waals surface area contributed by atoms with Gasteiger partial charge < -0.3 is 46.3 Å². The molecule has 2 saturated heterocycles. The maximum atomic E-state index is 12.5. The number of aliphatic carboxylic acids is 1. The number of methoxy groups -OCH3 is 2. The highest BCUT2D eigenvalue weighted by atomic mass is 16.5. The monoisotopic (exact) mass is 533 g/mol. The van der Waals surface area contributed by atoms with Gasteiger partial charge in [-0.3, -0.25) is 9.59 Å². The van der Waals surface area contributed by atoms with E-state index in [4.69, 9.17) is 36.5 Å². The van der Waals surface area contributed by atoms with E-state index in [0.717, 1.165) is 25.7 Å². The molecular formula is C25H39N7O6. The van der Waals surface area contributed by atoms with E-state index in [9.17, 15) is 9.59 Å². The number of carbonyl (C=O) groups is 2. The van der Waals surface area contributed by atoms with E-state index in [1.165, 1.54) is 0 Å². The average molecular weight is 534 g/mol. The highest BCUT2D eigenvalue weighted by Crippen LogP contribution is 2.34. The van der Waals surface area contributed by atoms with Gasteiger partial charge in [-0.25, -0.2) is 4.98 Å².